The van der Waals surface area contributed by atoms with Gasteiger partial charge in [0.1, 0.15) is 23.5 Å². The Labute approximate surface area is 253 Å². The Hall–Kier alpha value is -5.87. The summed E-state index contributed by atoms with van der Waals surface area (Å²) in [6, 6.07) is 46.8. The minimum absolute atomic E-state index is 0.393. The van der Waals surface area contributed by atoms with Crippen molar-refractivity contribution >= 4 is 77.7 Å². The lowest BCUT2D eigenvalue weighted by atomic mass is 10.00. The van der Waals surface area contributed by atoms with Gasteiger partial charge < -0.3 is 13.7 Å². The summed E-state index contributed by atoms with van der Waals surface area (Å²) in [5, 5.41) is 9.52. The zero-order valence-electron chi connectivity index (χ0n) is 23.8. The minimum Gasteiger partial charge on any atom is -0.486 e. The first-order valence-electron chi connectivity index (χ1n) is 14.8. The number of furan rings is 1. The highest BCUT2D eigenvalue weighted by molar-refractivity contribution is 6.28. The van der Waals surface area contributed by atoms with Gasteiger partial charge in [0.15, 0.2) is 5.75 Å². The van der Waals surface area contributed by atoms with Crippen molar-refractivity contribution in [3.8, 4) is 11.4 Å². The van der Waals surface area contributed by atoms with Gasteiger partial charge in [-0.05, 0) is 76.3 Å². The van der Waals surface area contributed by atoms with Crippen molar-refractivity contribution in [1.29, 1.82) is 0 Å². The maximum Gasteiger partial charge on any atom is 0.157 e. The molecule has 0 aliphatic heterocycles. The van der Waals surface area contributed by atoms with Crippen LogP contribution >= 0.6 is 0 Å². The fourth-order valence-electron chi connectivity index (χ4n) is 6.77. The predicted molar refractivity (Wildman–Crippen MR) is 183 cm³/mol. The average Bonchev–Trinajstić information content (AvgIpc) is 3.64. The lowest BCUT2D eigenvalue weighted by molar-refractivity contribution is 0.311. The summed E-state index contributed by atoms with van der Waals surface area (Å²) in [4.78, 5) is 4.25. The molecule has 0 fully saturated rings. The largest absolute Gasteiger partial charge is 0.486 e. The van der Waals surface area contributed by atoms with Crippen LogP contribution in [0.1, 0.15) is 5.56 Å². The summed E-state index contributed by atoms with van der Waals surface area (Å²) in [6.07, 6.45) is 0. The zero-order chi connectivity index (χ0) is 29.2. The molecule has 2 aromatic heterocycles. The second kappa shape index (κ2) is 9.58. The first-order chi connectivity index (χ1) is 21.8. The molecule has 0 aliphatic rings. The molecular weight excluding hydrogens is 540 g/mol. The Morgan fingerprint density at radius 2 is 1.18 bits per heavy atom. The van der Waals surface area contributed by atoms with Crippen molar-refractivity contribution in [2.75, 3.05) is 0 Å². The monoisotopic (exact) mass is 566 g/mol. The maximum absolute atomic E-state index is 6.46. The van der Waals surface area contributed by atoms with Crippen LogP contribution in [0.15, 0.2) is 143 Å². The van der Waals surface area contributed by atoms with E-state index in [0.717, 1.165) is 33.2 Å². The van der Waals surface area contributed by atoms with Crippen molar-refractivity contribution in [2.45, 2.75) is 6.61 Å². The van der Waals surface area contributed by atoms with Gasteiger partial charge in [-0.2, -0.15) is 0 Å². The molecule has 7 aromatic carbocycles. The summed E-state index contributed by atoms with van der Waals surface area (Å²) < 4.78 is 14.9. The summed E-state index contributed by atoms with van der Waals surface area (Å²) >= 11 is 0. The van der Waals surface area contributed by atoms with Crippen LogP contribution in [0, 0.1) is 0 Å². The number of para-hydroxylation sites is 1. The summed E-state index contributed by atoms with van der Waals surface area (Å²) in [5.41, 5.74) is 6.85. The number of hydrogen-bond donors (Lipinski definition) is 0. The Kier molecular flexibility index (Phi) is 5.38. The van der Waals surface area contributed by atoms with Crippen LogP contribution in [0.4, 0.5) is 5.69 Å². The third-order valence-corrected chi connectivity index (χ3v) is 8.77. The molecule has 0 bridgehead atoms. The molecular formula is C40H26N2O2. The van der Waals surface area contributed by atoms with Crippen LogP contribution in [-0.4, -0.2) is 11.3 Å². The predicted octanol–water partition coefficient (Wildman–Crippen LogP) is 10.9. The molecule has 4 nitrogen and oxygen atoms in total. The van der Waals surface area contributed by atoms with Crippen molar-refractivity contribution in [3.63, 3.8) is 0 Å². The molecule has 0 aliphatic carbocycles. The third kappa shape index (κ3) is 3.61. The van der Waals surface area contributed by atoms with Gasteiger partial charge in [-0.25, -0.2) is 0 Å². The molecule has 0 N–H and O–H groups in total. The fraction of sp³-hybridized carbons (Fsp3) is 0.0250. The third-order valence-electron chi connectivity index (χ3n) is 8.77. The van der Waals surface area contributed by atoms with Crippen molar-refractivity contribution in [3.05, 3.63) is 139 Å². The van der Waals surface area contributed by atoms with Gasteiger partial charge in [-0.3, -0.25) is 4.99 Å². The number of ether oxygens (including phenoxy) is 1. The quantitative estimate of drug-likeness (QED) is 0.194. The van der Waals surface area contributed by atoms with Gasteiger partial charge in [-0.1, -0.05) is 91.0 Å². The van der Waals surface area contributed by atoms with Gasteiger partial charge in [0, 0.05) is 21.8 Å². The number of rotatable bonds is 5. The Morgan fingerprint density at radius 3 is 1.84 bits per heavy atom. The SMILES string of the molecule is C=Nc1ccc2oc3ccccc3c2c1OCc1ccc(-n2c3ccc4ccccc4c3c3c4ccccc4ccc32)cc1. The molecule has 0 saturated heterocycles. The zero-order valence-corrected chi connectivity index (χ0v) is 23.8. The van der Waals surface area contributed by atoms with E-state index in [1.54, 1.807) is 0 Å². The van der Waals surface area contributed by atoms with Gasteiger partial charge >= 0.3 is 0 Å². The molecule has 44 heavy (non-hydrogen) atoms. The topological polar surface area (TPSA) is 39.7 Å². The number of fused-ring (bicyclic) bond motifs is 10. The number of benzene rings is 7. The van der Waals surface area contributed by atoms with Gasteiger partial charge in [0.2, 0.25) is 0 Å². The smallest absolute Gasteiger partial charge is 0.157 e. The Bertz CT molecular complexity index is 2480. The molecule has 9 aromatic rings. The molecule has 0 unspecified atom stereocenters. The van der Waals surface area contributed by atoms with E-state index in [0.29, 0.717) is 18.0 Å². The number of nitrogens with zero attached hydrogens (tertiary/aromatic N) is 2. The van der Waals surface area contributed by atoms with E-state index in [4.69, 9.17) is 9.15 Å². The van der Waals surface area contributed by atoms with Crippen LogP contribution in [0.2, 0.25) is 0 Å². The van der Waals surface area contributed by atoms with E-state index in [9.17, 15) is 0 Å². The van der Waals surface area contributed by atoms with Gasteiger partial charge in [-0.15, -0.1) is 0 Å². The molecule has 0 atom stereocenters. The maximum atomic E-state index is 6.46. The molecule has 2 heterocycles. The van der Waals surface area contributed by atoms with Crippen LogP contribution < -0.4 is 4.74 Å². The lowest BCUT2D eigenvalue weighted by Gasteiger charge is -2.12. The van der Waals surface area contributed by atoms with E-state index in [-0.39, 0.29) is 0 Å². The van der Waals surface area contributed by atoms with Crippen molar-refractivity contribution in [2.24, 2.45) is 4.99 Å². The Balaban J connectivity index is 1.16. The fourth-order valence-corrected chi connectivity index (χ4v) is 6.77. The summed E-state index contributed by atoms with van der Waals surface area (Å²) in [7, 11) is 0. The molecule has 4 heteroatoms. The first kappa shape index (κ1) is 24.7. The number of aliphatic imine (C=N–C) groups is 1. The van der Waals surface area contributed by atoms with Crippen LogP contribution in [0.3, 0.4) is 0 Å². The van der Waals surface area contributed by atoms with E-state index in [1.807, 2.05) is 36.4 Å². The number of hydrogen-bond acceptors (Lipinski definition) is 3. The van der Waals surface area contributed by atoms with E-state index in [1.165, 1.54) is 43.4 Å². The van der Waals surface area contributed by atoms with Crippen molar-refractivity contribution in [1.82, 2.24) is 4.57 Å². The second-order valence-corrected chi connectivity index (χ2v) is 11.2. The van der Waals surface area contributed by atoms with E-state index >= 15 is 0 Å². The molecule has 208 valence electrons. The molecule has 0 spiro atoms. The summed E-state index contributed by atoms with van der Waals surface area (Å²) in [5.74, 6) is 0.688. The van der Waals surface area contributed by atoms with Crippen molar-refractivity contribution < 1.29 is 9.15 Å². The minimum atomic E-state index is 0.393. The van der Waals surface area contributed by atoms with E-state index < -0.39 is 0 Å². The van der Waals surface area contributed by atoms with Crippen LogP contribution in [-0.2, 0) is 6.61 Å². The standard InChI is InChI=1S/C40H26N2O2/c1-41-32-20-23-36-39(31-12-6-7-13-35(31)44-36)40(32)43-24-25-14-18-28(19-15-25)42-33-21-16-26-8-2-4-10-29(26)37(33)38-30-11-5-3-9-27(30)17-22-34(38)42/h2-23H,1,24H2. The molecule has 0 saturated carbocycles. The highest BCUT2D eigenvalue weighted by atomic mass is 16.5. The molecule has 9 rings (SSSR count). The van der Waals surface area contributed by atoms with Crippen LogP contribution in [0.5, 0.6) is 5.75 Å². The second-order valence-electron chi connectivity index (χ2n) is 11.2. The highest BCUT2D eigenvalue weighted by Crippen LogP contribution is 2.43. The number of aromatic nitrogens is 1. The summed E-state index contributed by atoms with van der Waals surface area (Å²) in [6.45, 7) is 4.17. The van der Waals surface area contributed by atoms with E-state index in [2.05, 4.69) is 113 Å². The first-order valence-corrected chi connectivity index (χ1v) is 14.8. The van der Waals surface area contributed by atoms with Gasteiger partial charge in [0.25, 0.3) is 0 Å². The van der Waals surface area contributed by atoms with Gasteiger partial charge in [0.05, 0.1) is 16.4 Å². The molecule has 0 amide bonds. The normalized spacial score (nSPS) is 11.8. The van der Waals surface area contributed by atoms with Crippen LogP contribution in [0.25, 0.3) is 71.0 Å². The molecule has 0 radical (unpaired) electrons. The lowest BCUT2D eigenvalue weighted by Crippen LogP contribution is -1.98. The Morgan fingerprint density at radius 1 is 0.568 bits per heavy atom. The average molecular weight is 567 g/mol. The highest BCUT2D eigenvalue weighted by Gasteiger charge is 2.18.